The van der Waals surface area contributed by atoms with Gasteiger partial charge in [-0.3, -0.25) is 4.79 Å². The number of sulfonamides is 1. The minimum Gasteiger partial charge on any atom is -0.366 e. The molecule has 0 saturated heterocycles. The van der Waals surface area contributed by atoms with E-state index in [0.717, 1.165) is 10.6 Å². The first-order chi connectivity index (χ1) is 9.41. The lowest BCUT2D eigenvalue weighted by Gasteiger charge is -2.24. The lowest BCUT2D eigenvalue weighted by atomic mass is 10.1. The molecule has 2 rings (SSSR count). The predicted molar refractivity (Wildman–Crippen MR) is 78.4 cm³/mol. The molecule has 1 amide bonds. The number of carbonyl (C=O) groups excluding carboxylic acids is 1. The van der Waals surface area contributed by atoms with E-state index in [1.165, 1.54) is 6.07 Å². The lowest BCUT2D eigenvalue weighted by Crippen LogP contribution is -2.27. The molecule has 0 bridgehead atoms. The molecular formula is C14H14N2O3S. The van der Waals surface area contributed by atoms with E-state index in [2.05, 4.69) is 0 Å². The zero-order valence-electron chi connectivity index (χ0n) is 10.9. The van der Waals surface area contributed by atoms with Gasteiger partial charge in [0, 0.05) is 0 Å². The number of carbonyl (C=O) groups is 1. The molecule has 0 radical (unpaired) electrons. The Labute approximate surface area is 117 Å². The third-order valence-electron chi connectivity index (χ3n) is 2.71. The van der Waals surface area contributed by atoms with Crippen LogP contribution in [0, 0.1) is 0 Å². The van der Waals surface area contributed by atoms with Gasteiger partial charge >= 0.3 is 0 Å². The molecule has 0 saturated carbocycles. The summed E-state index contributed by atoms with van der Waals surface area (Å²) in [7, 11) is -3.60. The quantitative estimate of drug-likeness (QED) is 0.933. The highest BCUT2D eigenvalue weighted by Crippen LogP contribution is 2.30. The molecule has 0 atom stereocenters. The summed E-state index contributed by atoms with van der Waals surface area (Å²) in [6.07, 6.45) is 1.08. The van der Waals surface area contributed by atoms with Crippen LogP contribution in [0.2, 0.25) is 0 Å². The predicted octanol–water partition coefficient (Wildman–Crippen LogP) is 1.88. The Hall–Kier alpha value is -2.34. The summed E-state index contributed by atoms with van der Waals surface area (Å²) in [5.74, 6) is -0.676. The summed E-state index contributed by atoms with van der Waals surface area (Å²) in [4.78, 5) is 11.5. The minimum absolute atomic E-state index is 0.154. The molecular weight excluding hydrogens is 276 g/mol. The Morgan fingerprint density at radius 1 is 1.00 bits per heavy atom. The molecule has 2 aromatic carbocycles. The largest absolute Gasteiger partial charge is 0.366 e. The summed E-state index contributed by atoms with van der Waals surface area (Å²) < 4.78 is 25.3. The highest BCUT2D eigenvalue weighted by Gasteiger charge is 2.23. The number of nitrogens with zero attached hydrogens (tertiary/aromatic N) is 1. The Morgan fingerprint density at radius 3 is 2.10 bits per heavy atom. The average molecular weight is 290 g/mol. The molecule has 0 aliphatic heterocycles. The third-order valence-corrected chi connectivity index (χ3v) is 3.78. The maximum absolute atomic E-state index is 12.1. The Bertz CT molecular complexity index is 727. The number of para-hydroxylation sites is 2. The van der Waals surface area contributed by atoms with Crippen molar-refractivity contribution >= 4 is 27.3 Å². The maximum Gasteiger partial charge on any atom is 0.250 e. The number of rotatable bonds is 4. The van der Waals surface area contributed by atoms with Gasteiger partial charge in [-0.1, -0.05) is 30.3 Å². The van der Waals surface area contributed by atoms with E-state index >= 15 is 0 Å². The fraction of sp³-hybridized carbons (Fsp3) is 0.0714. The Balaban J connectivity index is 2.69. The van der Waals surface area contributed by atoms with Crippen LogP contribution in [0.4, 0.5) is 11.4 Å². The summed E-state index contributed by atoms with van der Waals surface area (Å²) >= 11 is 0. The van der Waals surface area contributed by atoms with Crippen LogP contribution in [0.3, 0.4) is 0 Å². The van der Waals surface area contributed by atoms with Gasteiger partial charge < -0.3 is 5.73 Å². The van der Waals surface area contributed by atoms with Gasteiger partial charge in [-0.2, -0.15) is 0 Å². The van der Waals surface area contributed by atoms with Crippen LogP contribution in [-0.4, -0.2) is 20.6 Å². The van der Waals surface area contributed by atoms with Crippen LogP contribution in [0.5, 0.6) is 0 Å². The van der Waals surface area contributed by atoms with E-state index in [4.69, 9.17) is 5.73 Å². The SMILES string of the molecule is CS(=O)(=O)N(c1ccccc1)c1ccccc1C(N)=O. The van der Waals surface area contributed by atoms with Gasteiger partial charge in [0.05, 0.1) is 23.2 Å². The van der Waals surface area contributed by atoms with Crippen molar-refractivity contribution in [3.8, 4) is 0 Å². The van der Waals surface area contributed by atoms with Crippen LogP contribution in [-0.2, 0) is 10.0 Å². The van der Waals surface area contributed by atoms with Gasteiger partial charge in [0.2, 0.25) is 10.0 Å². The summed E-state index contributed by atoms with van der Waals surface area (Å²) in [5, 5.41) is 0. The van der Waals surface area contributed by atoms with Gasteiger partial charge in [0.25, 0.3) is 5.91 Å². The normalized spacial score (nSPS) is 11.1. The molecule has 104 valence electrons. The zero-order chi connectivity index (χ0) is 14.8. The van der Waals surface area contributed by atoms with Crippen LogP contribution in [0.1, 0.15) is 10.4 Å². The van der Waals surface area contributed by atoms with Crippen LogP contribution in [0.25, 0.3) is 0 Å². The van der Waals surface area contributed by atoms with E-state index < -0.39 is 15.9 Å². The highest BCUT2D eigenvalue weighted by atomic mass is 32.2. The smallest absolute Gasteiger partial charge is 0.250 e. The molecule has 6 heteroatoms. The first-order valence-corrected chi connectivity index (χ1v) is 7.70. The fourth-order valence-corrected chi connectivity index (χ4v) is 2.95. The van der Waals surface area contributed by atoms with Crippen molar-refractivity contribution < 1.29 is 13.2 Å². The summed E-state index contributed by atoms with van der Waals surface area (Å²) in [5.41, 5.74) is 6.16. The van der Waals surface area contributed by atoms with E-state index in [9.17, 15) is 13.2 Å². The summed E-state index contributed by atoms with van der Waals surface area (Å²) in [6, 6.07) is 14.9. The number of nitrogens with two attached hydrogens (primary N) is 1. The second-order valence-corrected chi connectivity index (χ2v) is 6.08. The number of primary amides is 1. The molecule has 0 aromatic heterocycles. The van der Waals surface area contributed by atoms with Gasteiger partial charge in [-0.05, 0) is 24.3 Å². The van der Waals surface area contributed by atoms with Crippen molar-refractivity contribution in [2.24, 2.45) is 5.73 Å². The van der Waals surface area contributed by atoms with Crippen LogP contribution in [0.15, 0.2) is 54.6 Å². The molecule has 0 heterocycles. The molecule has 0 fully saturated rings. The van der Waals surface area contributed by atoms with E-state index in [-0.39, 0.29) is 11.3 Å². The van der Waals surface area contributed by atoms with Crippen molar-refractivity contribution in [1.82, 2.24) is 0 Å². The standard InChI is InChI=1S/C14H14N2O3S/c1-20(18,19)16(11-7-3-2-4-8-11)13-10-6-5-9-12(13)14(15)17/h2-10H,1H3,(H2,15,17). The van der Waals surface area contributed by atoms with Crippen molar-refractivity contribution in [3.05, 3.63) is 60.2 Å². The lowest BCUT2D eigenvalue weighted by molar-refractivity contribution is 0.100. The maximum atomic E-state index is 12.1. The van der Waals surface area contributed by atoms with Gasteiger partial charge in [0.1, 0.15) is 0 Å². The van der Waals surface area contributed by atoms with Gasteiger partial charge in [-0.15, -0.1) is 0 Å². The highest BCUT2D eigenvalue weighted by molar-refractivity contribution is 7.92. The van der Waals surface area contributed by atoms with Gasteiger partial charge in [0.15, 0.2) is 0 Å². The second-order valence-electron chi connectivity index (χ2n) is 4.24. The topological polar surface area (TPSA) is 80.5 Å². The van der Waals surface area contributed by atoms with E-state index in [0.29, 0.717) is 5.69 Å². The van der Waals surface area contributed by atoms with Gasteiger partial charge in [-0.25, -0.2) is 12.7 Å². The van der Waals surface area contributed by atoms with E-state index in [1.807, 2.05) is 0 Å². The summed E-state index contributed by atoms with van der Waals surface area (Å²) in [6.45, 7) is 0. The Morgan fingerprint density at radius 2 is 1.55 bits per heavy atom. The monoisotopic (exact) mass is 290 g/mol. The number of hydrogen-bond acceptors (Lipinski definition) is 3. The van der Waals surface area contributed by atoms with Crippen molar-refractivity contribution in [2.75, 3.05) is 10.6 Å². The zero-order valence-corrected chi connectivity index (χ0v) is 11.7. The van der Waals surface area contributed by atoms with E-state index in [1.54, 1.807) is 48.5 Å². The average Bonchev–Trinajstić information content (AvgIpc) is 2.39. The molecule has 2 N–H and O–H groups in total. The Kier molecular flexibility index (Phi) is 3.76. The number of anilines is 2. The first-order valence-electron chi connectivity index (χ1n) is 5.85. The van der Waals surface area contributed by atoms with Crippen molar-refractivity contribution in [2.45, 2.75) is 0 Å². The van der Waals surface area contributed by atoms with Crippen LogP contribution < -0.4 is 10.0 Å². The molecule has 0 aliphatic rings. The van der Waals surface area contributed by atoms with Crippen molar-refractivity contribution in [1.29, 1.82) is 0 Å². The number of benzene rings is 2. The molecule has 20 heavy (non-hydrogen) atoms. The fourth-order valence-electron chi connectivity index (χ4n) is 1.93. The molecule has 0 unspecified atom stereocenters. The van der Waals surface area contributed by atoms with Crippen molar-refractivity contribution in [3.63, 3.8) is 0 Å². The van der Waals surface area contributed by atoms with Crippen LogP contribution >= 0.6 is 0 Å². The molecule has 0 aliphatic carbocycles. The molecule has 2 aromatic rings. The minimum atomic E-state index is -3.60. The molecule has 0 spiro atoms. The third kappa shape index (κ3) is 2.80. The molecule has 5 nitrogen and oxygen atoms in total. The number of hydrogen-bond donors (Lipinski definition) is 1. The second kappa shape index (κ2) is 5.34. The first kappa shape index (κ1) is 14.1. The number of amides is 1.